The average molecular weight is 274 g/mol. The Morgan fingerprint density at radius 3 is 2.53 bits per heavy atom. The Morgan fingerprint density at radius 1 is 1.26 bits per heavy atom. The van der Waals surface area contributed by atoms with Crippen LogP contribution < -0.4 is 15.0 Å². The normalized spacial score (nSPS) is 20.4. The van der Waals surface area contributed by atoms with E-state index in [4.69, 9.17) is 0 Å². The molecular weight excluding hydrogens is 257 g/mol. The van der Waals surface area contributed by atoms with E-state index in [1.807, 2.05) is 7.05 Å². The van der Waals surface area contributed by atoms with Gasteiger partial charge in [-0.2, -0.15) is 0 Å². The summed E-state index contributed by atoms with van der Waals surface area (Å²) in [4.78, 5) is 2.17. The Kier molecular flexibility index (Phi) is 4.19. The van der Waals surface area contributed by atoms with Crippen LogP contribution in [0.5, 0.6) is 5.75 Å². The van der Waals surface area contributed by atoms with Crippen molar-refractivity contribution in [2.75, 3.05) is 25.0 Å². The van der Waals surface area contributed by atoms with Crippen LogP contribution in [0.15, 0.2) is 24.3 Å². The number of alkyl halides is 3. The van der Waals surface area contributed by atoms with Gasteiger partial charge in [-0.3, -0.25) is 0 Å². The smallest absolute Gasteiger partial charge is 0.406 e. The fraction of sp³-hybridized carbons (Fsp3) is 0.538. The van der Waals surface area contributed by atoms with E-state index in [0.29, 0.717) is 6.04 Å². The molecule has 0 aromatic heterocycles. The summed E-state index contributed by atoms with van der Waals surface area (Å²) in [6, 6.07) is 6.47. The van der Waals surface area contributed by atoms with Gasteiger partial charge in [-0.15, -0.1) is 13.2 Å². The van der Waals surface area contributed by atoms with Crippen LogP contribution in [-0.4, -0.2) is 32.5 Å². The van der Waals surface area contributed by atoms with E-state index in [2.05, 4.69) is 15.0 Å². The highest BCUT2D eigenvalue weighted by Crippen LogP contribution is 2.26. The molecule has 1 unspecified atom stereocenters. The third kappa shape index (κ3) is 4.02. The molecule has 0 amide bonds. The van der Waals surface area contributed by atoms with Gasteiger partial charge in [-0.05, 0) is 44.2 Å². The molecule has 3 nitrogen and oxygen atoms in total. The number of anilines is 1. The second kappa shape index (κ2) is 5.69. The molecule has 0 radical (unpaired) electrons. The summed E-state index contributed by atoms with van der Waals surface area (Å²) in [6.45, 7) is 1.80. The van der Waals surface area contributed by atoms with E-state index < -0.39 is 6.36 Å². The van der Waals surface area contributed by atoms with E-state index in [9.17, 15) is 13.2 Å². The van der Waals surface area contributed by atoms with Gasteiger partial charge in [0.25, 0.3) is 0 Å². The van der Waals surface area contributed by atoms with Crippen LogP contribution in [0.3, 0.4) is 0 Å². The third-order valence-electron chi connectivity index (χ3n) is 3.27. The van der Waals surface area contributed by atoms with Crippen molar-refractivity contribution < 1.29 is 17.9 Å². The van der Waals surface area contributed by atoms with Gasteiger partial charge >= 0.3 is 6.36 Å². The molecule has 19 heavy (non-hydrogen) atoms. The SMILES string of the molecule is CNC1CCCN(c2ccc(OC(F)(F)F)cc2)C1. The third-order valence-corrected chi connectivity index (χ3v) is 3.27. The van der Waals surface area contributed by atoms with Crippen molar-refractivity contribution in [3.8, 4) is 5.75 Å². The highest BCUT2D eigenvalue weighted by atomic mass is 19.4. The van der Waals surface area contributed by atoms with Gasteiger partial charge in [0.15, 0.2) is 0 Å². The number of piperidine rings is 1. The topological polar surface area (TPSA) is 24.5 Å². The number of ether oxygens (including phenoxy) is 1. The fourth-order valence-electron chi connectivity index (χ4n) is 2.31. The Hall–Kier alpha value is -1.43. The molecule has 1 N–H and O–H groups in total. The van der Waals surface area contributed by atoms with Crippen molar-refractivity contribution in [1.82, 2.24) is 5.32 Å². The Bertz CT molecular complexity index is 405. The van der Waals surface area contributed by atoms with E-state index >= 15 is 0 Å². The van der Waals surface area contributed by atoms with Gasteiger partial charge in [0.2, 0.25) is 0 Å². The highest BCUT2D eigenvalue weighted by molar-refractivity contribution is 5.49. The van der Waals surface area contributed by atoms with Crippen molar-refractivity contribution >= 4 is 5.69 Å². The number of nitrogens with one attached hydrogen (secondary N) is 1. The molecule has 1 aliphatic rings. The molecule has 0 spiro atoms. The Labute approximate surface area is 110 Å². The minimum atomic E-state index is -4.64. The molecule has 1 aliphatic heterocycles. The first kappa shape index (κ1) is 14.0. The molecule has 106 valence electrons. The quantitative estimate of drug-likeness (QED) is 0.917. The Morgan fingerprint density at radius 2 is 1.95 bits per heavy atom. The first-order valence-corrected chi connectivity index (χ1v) is 6.26. The summed E-state index contributed by atoms with van der Waals surface area (Å²) in [5.74, 6) is -0.182. The van der Waals surface area contributed by atoms with Crippen molar-refractivity contribution in [2.24, 2.45) is 0 Å². The zero-order valence-electron chi connectivity index (χ0n) is 10.7. The van der Waals surface area contributed by atoms with Crippen LogP contribution in [0.25, 0.3) is 0 Å². The lowest BCUT2D eigenvalue weighted by Gasteiger charge is -2.34. The molecule has 1 fully saturated rings. The first-order chi connectivity index (χ1) is 8.98. The molecule has 0 bridgehead atoms. The van der Waals surface area contributed by atoms with Gasteiger partial charge in [0, 0.05) is 24.8 Å². The number of nitrogens with zero attached hydrogens (tertiary/aromatic N) is 1. The van der Waals surface area contributed by atoms with Gasteiger partial charge in [0.1, 0.15) is 5.75 Å². The molecule has 1 aromatic carbocycles. The van der Waals surface area contributed by atoms with E-state index in [1.54, 1.807) is 12.1 Å². The highest BCUT2D eigenvalue weighted by Gasteiger charge is 2.31. The summed E-state index contributed by atoms with van der Waals surface area (Å²) in [7, 11) is 1.93. The van der Waals surface area contributed by atoms with Gasteiger partial charge in [-0.1, -0.05) is 0 Å². The summed E-state index contributed by atoms with van der Waals surface area (Å²) in [6.07, 6.45) is -2.43. The molecule has 0 saturated carbocycles. The Balaban J connectivity index is 2.01. The average Bonchev–Trinajstić information content (AvgIpc) is 2.38. The molecule has 1 atom stereocenters. The van der Waals surface area contributed by atoms with E-state index in [0.717, 1.165) is 31.6 Å². The minimum Gasteiger partial charge on any atom is -0.406 e. The fourth-order valence-corrected chi connectivity index (χ4v) is 2.31. The van der Waals surface area contributed by atoms with Crippen molar-refractivity contribution in [3.63, 3.8) is 0 Å². The molecule has 1 heterocycles. The number of likely N-dealkylation sites (N-methyl/N-ethyl adjacent to an activating group) is 1. The van der Waals surface area contributed by atoms with Gasteiger partial charge in [-0.25, -0.2) is 0 Å². The lowest BCUT2D eigenvalue weighted by molar-refractivity contribution is -0.274. The van der Waals surface area contributed by atoms with E-state index in [1.165, 1.54) is 12.1 Å². The number of hydrogen-bond donors (Lipinski definition) is 1. The molecular formula is C13H17F3N2O. The van der Waals surface area contributed by atoms with Crippen LogP contribution >= 0.6 is 0 Å². The molecule has 6 heteroatoms. The predicted octanol–water partition coefficient (Wildman–Crippen LogP) is 2.77. The monoisotopic (exact) mass is 274 g/mol. The van der Waals surface area contributed by atoms with Crippen LogP contribution in [0.1, 0.15) is 12.8 Å². The van der Waals surface area contributed by atoms with Crippen LogP contribution in [0.4, 0.5) is 18.9 Å². The maximum atomic E-state index is 12.1. The van der Waals surface area contributed by atoms with Crippen LogP contribution in [0.2, 0.25) is 0 Å². The second-order valence-corrected chi connectivity index (χ2v) is 4.62. The molecule has 1 saturated heterocycles. The van der Waals surface area contributed by atoms with Crippen molar-refractivity contribution in [3.05, 3.63) is 24.3 Å². The summed E-state index contributed by atoms with van der Waals surface area (Å²) in [5, 5.41) is 3.23. The van der Waals surface area contributed by atoms with Crippen molar-refractivity contribution in [1.29, 1.82) is 0 Å². The van der Waals surface area contributed by atoms with Crippen LogP contribution in [0, 0.1) is 0 Å². The second-order valence-electron chi connectivity index (χ2n) is 4.62. The molecule has 0 aliphatic carbocycles. The number of halogens is 3. The lowest BCUT2D eigenvalue weighted by atomic mass is 10.1. The summed E-state index contributed by atoms with van der Waals surface area (Å²) >= 11 is 0. The van der Waals surface area contributed by atoms with Gasteiger partial charge < -0.3 is 15.0 Å². The largest absolute Gasteiger partial charge is 0.573 e. The zero-order chi connectivity index (χ0) is 13.9. The molecule has 2 rings (SSSR count). The summed E-state index contributed by atoms with van der Waals surface area (Å²) in [5.41, 5.74) is 0.925. The number of benzene rings is 1. The molecule has 1 aromatic rings. The number of rotatable bonds is 3. The maximum Gasteiger partial charge on any atom is 0.573 e. The maximum absolute atomic E-state index is 12.1. The predicted molar refractivity (Wildman–Crippen MR) is 67.4 cm³/mol. The zero-order valence-corrected chi connectivity index (χ0v) is 10.7. The standard InChI is InChI=1S/C13H17F3N2O/c1-17-10-3-2-8-18(9-10)11-4-6-12(7-5-11)19-13(14,15)16/h4-7,10,17H,2-3,8-9H2,1H3. The lowest BCUT2D eigenvalue weighted by Crippen LogP contribution is -2.44. The van der Waals surface area contributed by atoms with Gasteiger partial charge in [0.05, 0.1) is 0 Å². The van der Waals surface area contributed by atoms with Crippen molar-refractivity contribution in [2.45, 2.75) is 25.2 Å². The first-order valence-electron chi connectivity index (χ1n) is 6.26. The van der Waals surface area contributed by atoms with Crippen LogP contribution in [-0.2, 0) is 0 Å². The summed E-state index contributed by atoms with van der Waals surface area (Å²) < 4.78 is 40.0. The minimum absolute atomic E-state index is 0.182. The number of hydrogen-bond acceptors (Lipinski definition) is 3. The van der Waals surface area contributed by atoms with E-state index in [-0.39, 0.29) is 5.75 Å².